The van der Waals surface area contributed by atoms with Crippen molar-refractivity contribution in [2.24, 2.45) is 5.73 Å². The SMILES string of the molecule is COc1ccc(Cc2ncc3cc(CN)ccn23)cc1. The molecule has 0 aliphatic rings. The van der Waals surface area contributed by atoms with Gasteiger partial charge < -0.3 is 14.9 Å². The van der Waals surface area contributed by atoms with Crippen LogP contribution < -0.4 is 10.5 Å². The summed E-state index contributed by atoms with van der Waals surface area (Å²) in [6.07, 6.45) is 4.71. The van der Waals surface area contributed by atoms with E-state index in [2.05, 4.69) is 27.6 Å². The molecule has 0 fully saturated rings. The number of rotatable bonds is 4. The van der Waals surface area contributed by atoms with Crippen molar-refractivity contribution in [3.8, 4) is 5.75 Å². The fraction of sp³-hybridized carbons (Fsp3) is 0.188. The first-order valence-corrected chi connectivity index (χ1v) is 6.58. The van der Waals surface area contributed by atoms with Gasteiger partial charge in [-0.2, -0.15) is 0 Å². The van der Waals surface area contributed by atoms with Crippen LogP contribution in [-0.2, 0) is 13.0 Å². The minimum Gasteiger partial charge on any atom is -0.497 e. The quantitative estimate of drug-likeness (QED) is 0.789. The highest BCUT2D eigenvalue weighted by molar-refractivity contribution is 5.48. The maximum Gasteiger partial charge on any atom is 0.118 e. The minimum absolute atomic E-state index is 0.551. The Morgan fingerprint density at radius 3 is 2.65 bits per heavy atom. The molecule has 4 heteroatoms. The molecule has 2 heterocycles. The van der Waals surface area contributed by atoms with Crippen LogP contribution in [0.1, 0.15) is 17.0 Å². The Morgan fingerprint density at radius 2 is 1.95 bits per heavy atom. The van der Waals surface area contributed by atoms with Crippen molar-refractivity contribution in [1.29, 1.82) is 0 Å². The second-order valence-electron chi connectivity index (χ2n) is 4.73. The number of hydrogen-bond acceptors (Lipinski definition) is 3. The van der Waals surface area contributed by atoms with Crippen LogP contribution in [-0.4, -0.2) is 16.5 Å². The van der Waals surface area contributed by atoms with E-state index in [1.807, 2.05) is 30.6 Å². The summed E-state index contributed by atoms with van der Waals surface area (Å²) in [7, 11) is 1.67. The molecule has 0 aliphatic heterocycles. The standard InChI is InChI=1S/C16H17N3O/c1-20-15-4-2-12(3-5-15)9-16-18-11-14-8-13(10-17)6-7-19(14)16/h2-8,11H,9-10,17H2,1H3. The van der Waals surface area contributed by atoms with Crippen molar-refractivity contribution in [3.05, 3.63) is 65.7 Å². The molecular formula is C16H17N3O. The van der Waals surface area contributed by atoms with Crippen molar-refractivity contribution in [1.82, 2.24) is 9.38 Å². The van der Waals surface area contributed by atoms with Gasteiger partial charge in [-0.05, 0) is 35.4 Å². The summed E-state index contributed by atoms with van der Waals surface area (Å²) in [6, 6.07) is 12.2. The van der Waals surface area contributed by atoms with Crippen LogP contribution >= 0.6 is 0 Å². The van der Waals surface area contributed by atoms with Gasteiger partial charge in [0.2, 0.25) is 0 Å². The Hall–Kier alpha value is -2.33. The van der Waals surface area contributed by atoms with E-state index in [0.717, 1.165) is 29.1 Å². The monoisotopic (exact) mass is 267 g/mol. The normalized spacial score (nSPS) is 10.9. The van der Waals surface area contributed by atoms with E-state index < -0.39 is 0 Å². The number of pyridine rings is 1. The van der Waals surface area contributed by atoms with Gasteiger partial charge in [0.1, 0.15) is 11.6 Å². The Balaban J connectivity index is 1.90. The number of nitrogens with zero attached hydrogens (tertiary/aromatic N) is 2. The lowest BCUT2D eigenvalue weighted by Gasteiger charge is -2.04. The van der Waals surface area contributed by atoms with Gasteiger partial charge in [0.25, 0.3) is 0 Å². The second kappa shape index (κ2) is 5.35. The fourth-order valence-electron chi connectivity index (χ4n) is 2.29. The van der Waals surface area contributed by atoms with Crippen LogP contribution in [0.5, 0.6) is 5.75 Å². The highest BCUT2D eigenvalue weighted by Gasteiger charge is 2.05. The molecule has 0 atom stereocenters. The van der Waals surface area contributed by atoms with Gasteiger partial charge in [0.05, 0.1) is 18.8 Å². The van der Waals surface area contributed by atoms with E-state index in [-0.39, 0.29) is 0 Å². The molecule has 2 N–H and O–H groups in total. The van der Waals surface area contributed by atoms with Crippen LogP contribution in [0.15, 0.2) is 48.8 Å². The first kappa shape index (κ1) is 12.7. The van der Waals surface area contributed by atoms with E-state index in [9.17, 15) is 0 Å². The molecule has 102 valence electrons. The first-order chi connectivity index (χ1) is 9.80. The number of nitrogens with two attached hydrogens (primary N) is 1. The van der Waals surface area contributed by atoms with Gasteiger partial charge in [-0.1, -0.05) is 12.1 Å². The van der Waals surface area contributed by atoms with Crippen molar-refractivity contribution >= 4 is 5.52 Å². The van der Waals surface area contributed by atoms with E-state index >= 15 is 0 Å². The molecule has 20 heavy (non-hydrogen) atoms. The molecule has 0 radical (unpaired) electrons. The highest BCUT2D eigenvalue weighted by atomic mass is 16.5. The lowest BCUT2D eigenvalue weighted by atomic mass is 10.1. The summed E-state index contributed by atoms with van der Waals surface area (Å²) >= 11 is 0. The number of aromatic nitrogens is 2. The van der Waals surface area contributed by atoms with Gasteiger partial charge in [-0.25, -0.2) is 4.98 Å². The summed E-state index contributed by atoms with van der Waals surface area (Å²) in [5.41, 5.74) is 9.07. The smallest absolute Gasteiger partial charge is 0.118 e. The molecular weight excluding hydrogens is 250 g/mol. The van der Waals surface area contributed by atoms with Gasteiger partial charge in [0, 0.05) is 19.2 Å². The predicted molar refractivity (Wildman–Crippen MR) is 78.9 cm³/mol. The summed E-state index contributed by atoms with van der Waals surface area (Å²) < 4.78 is 7.27. The van der Waals surface area contributed by atoms with Gasteiger partial charge in [-0.15, -0.1) is 0 Å². The van der Waals surface area contributed by atoms with E-state index in [1.165, 1.54) is 5.56 Å². The van der Waals surface area contributed by atoms with Crippen molar-refractivity contribution in [2.45, 2.75) is 13.0 Å². The van der Waals surface area contributed by atoms with E-state index in [1.54, 1.807) is 7.11 Å². The molecule has 0 bridgehead atoms. The van der Waals surface area contributed by atoms with Crippen LogP contribution in [0.3, 0.4) is 0 Å². The molecule has 4 nitrogen and oxygen atoms in total. The number of imidazole rings is 1. The third kappa shape index (κ3) is 2.38. The van der Waals surface area contributed by atoms with Crippen LogP contribution in [0.4, 0.5) is 0 Å². The van der Waals surface area contributed by atoms with Crippen molar-refractivity contribution < 1.29 is 4.74 Å². The zero-order valence-corrected chi connectivity index (χ0v) is 11.4. The van der Waals surface area contributed by atoms with Gasteiger partial charge in [-0.3, -0.25) is 0 Å². The Kier molecular flexibility index (Phi) is 3.39. The van der Waals surface area contributed by atoms with E-state index in [4.69, 9.17) is 10.5 Å². The molecule has 3 rings (SSSR count). The molecule has 2 aromatic heterocycles. The van der Waals surface area contributed by atoms with E-state index in [0.29, 0.717) is 6.54 Å². The molecule has 0 aliphatic carbocycles. The number of fused-ring (bicyclic) bond motifs is 1. The largest absolute Gasteiger partial charge is 0.497 e. The molecule has 0 saturated carbocycles. The number of benzene rings is 1. The summed E-state index contributed by atoms with van der Waals surface area (Å²) in [6.45, 7) is 0.551. The Labute approximate surface area is 117 Å². The highest BCUT2D eigenvalue weighted by Crippen LogP contribution is 2.16. The lowest BCUT2D eigenvalue weighted by molar-refractivity contribution is 0.414. The third-order valence-electron chi connectivity index (χ3n) is 3.43. The maximum atomic E-state index is 5.66. The molecule has 1 aromatic carbocycles. The Bertz CT molecular complexity index is 716. The number of methoxy groups -OCH3 is 1. The van der Waals surface area contributed by atoms with Gasteiger partial charge >= 0.3 is 0 Å². The zero-order chi connectivity index (χ0) is 13.9. The average molecular weight is 267 g/mol. The molecule has 0 spiro atoms. The van der Waals surface area contributed by atoms with Crippen molar-refractivity contribution in [3.63, 3.8) is 0 Å². The summed E-state index contributed by atoms with van der Waals surface area (Å²) in [5, 5.41) is 0. The van der Waals surface area contributed by atoms with Crippen LogP contribution in [0.25, 0.3) is 5.52 Å². The molecule has 0 unspecified atom stereocenters. The zero-order valence-electron chi connectivity index (χ0n) is 11.4. The number of hydrogen-bond donors (Lipinski definition) is 1. The molecule has 0 amide bonds. The van der Waals surface area contributed by atoms with Crippen LogP contribution in [0.2, 0.25) is 0 Å². The molecule has 3 aromatic rings. The third-order valence-corrected chi connectivity index (χ3v) is 3.43. The first-order valence-electron chi connectivity index (χ1n) is 6.58. The summed E-state index contributed by atoms with van der Waals surface area (Å²) in [4.78, 5) is 4.50. The lowest BCUT2D eigenvalue weighted by Crippen LogP contribution is -1.99. The summed E-state index contributed by atoms with van der Waals surface area (Å²) in [5.74, 6) is 1.89. The Morgan fingerprint density at radius 1 is 1.15 bits per heavy atom. The number of ether oxygens (including phenoxy) is 1. The maximum absolute atomic E-state index is 5.66. The van der Waals surface area contributed by atoms with Crippen molar-refractivity contribution in [2.75, 3.05) is 7.11 Å². The minimum atomic E-state index is 0.551. The van der Waals surface area contributed by atoms with Gasteiger partial charge in [0.15, 0.2) is 0 Å². The molecule has 0 saturated heterocycles. The second-order valence-corrected chi connectivity index (χ2v) is 4.73. The topological polar surface area (TPSA) is 52.5 Å². The predicted octanol–water partition coefficient (Wildman–Crippen LogP) is 2.39. The fourth-order valence-corrected chi connectivity index (χ4v) is 2.29. The average Bonchev–Trinajstić information content (AvgIpc) is 2.90. The van der Waals surface area contributed by atoms with Crippen LogP contribution in [0, 0.1) is 0 Å².